The van der Waals surface area contributed by atoms with Gasteiger partial charge in [0.15, 0.2) is 0 Å². The van der Waals surface area contributed by atoms with Crippen LogP contribution in [0.15, 0.2) is 60.7 Å². The molecule has 0 atom stereocenters. The van der Waals surface area contributed by atoms with Crippen LogP contribution in [-0.4, -0.2) is 5.11 Å². The van der Waals surface area contributed by atoms with E-state index in [0.717, 1.165) is 19.3 Å². The highest BCUT2D eigenvalue weighted by atomic mass is 16.3. The number of phenols is 1. The topological polar surface area (TPSA) is 20.2 Å². The molecule has 144 valence electrons. The van der Waals surface area contributed by atoms with E-state index in [0.29, 0.717) is 5.75 Å². The average molecular weight is 371 g/mol. The Morgan fingerprint density at radius 1 is 0.714 bits per heavy atom. The molecule has 3 aromatic rings. The van der Waals surface area contributed by atoms with Crippen molar-refractivity contribution in [1.29, 1.82) is 0 Å². The van der Waals surface area contributed by atoms with Crippen LogP contribution >= 0.6 is 0 Å². The van der Waals surface area contributed by atoms with Gasteiger partial charge < -0.3 is 5.11 Å². The molecule has 4 rings (SSSR count). The molecule has 0 bridgehead atoms. The van der Waals surface area contributed by atoms with Crippen molar-refractivity contribution in [2.24, 2.45) is 0 Å². The highest BCUT2D eigenvalue weighted by Crippen LogP contribution is 2.41. The number of phenolic OH excluding ortho intramolecular Hbond substituents is 1. The zero-order valence-corrected chi connectivity index (χ0v) is 16.3. The maximum Gasteiger partial charge on any atom is 0.115 e. The standard InChI is InChI=1S/C26H26O.CH4/c1-17-7-13-23(19(3)15-17)25-6-4-5-21-16-18(2)8-14-24(21)26(25)20-9-11-22(27)12-10-20;/h7-16,27H,4-6H2,1-3H3;1H4. The molecule has 1 nitrogen and oxygen atoms in total. The third-order valence-corrected chi connectivity index (χ3v) is 5.57. The quantitative estimate of drug-likeness (QED) is 0.504. The minimum absolute atomic E-state index is 0. The second-order valence-corrected chi connectivity index (χ2v) is 7.73. The smallest absolute Gasteiger partial charge is 0.115 e. The number of rotatable bonds is 2. The monoisotopic (exact) mass is 370 g/mol. The predicted molar refractivity (Wildman–Crippen MR) is 121 cm³/mol. The summed E-state index contributed by atoms with van der Waals surface area (Å²) in [6.07, 6.45) is 3.32. The minimum Gasteiger partial charge on any atom is -0.508 e. The van der Waals surface area contributed by atoms with Crippen LogP contribution < -0.4 is 0 Å². The van der Waals surface area contributed by atoms with Crippen LogP contribution in [0.3, 0.4) is 0 Å². The summed E-state index contributed by atoms with van der Waals surface area (Å²) >= 11 is 0. The molecule has 1 heteroatoms. The van der Waals surface area contributed by atoms with Gasteiger partial charge in [-0.1, -0.05) is 67.1 Å². The Morgan fingerprint density at radius 3 is 2.04 bits per heavy atom. The number of aromatic hydroxyl groups is 1. The van der Waals surface area contributed by atoms with Crippen molar-refractivity contribution in [3.05, 3.63) is 99.6 Å². The van der Waals surface area contributed by atoms with Gasteiger partial charge in [0.25, 0.3) is 0 Å². The second-order valence-electron chi connectivity index (χ2n) is 7.73. The van der Waals surface area contributed by atoms with Gasteiger partial charge in [-0.05, 0) is 91.1 Å². The molecule has 0 saturated heterocycles. The summed E-state index contributed by atoms with van der Waals surface area (Å²) in [6.45, 7) is 6.53. The van der Waals surface area contributed by atoms with Crippen molar-refractivity contribution in [3.8, 4) is 5.75 Å². The predicted octanol–water partition coefficient (Wildman–Crippen LogP) is 7.25. The molecular formula is C27H30O. The summed E-state index contributed by atoms with van der Waals surface area (Å²) in [6, 6.07) is 21.3. The fourth-order valence-electron chi connectivity index (χ4n) is 4.30. The third kappa shape index (κ3) is 3.75. The average Bonchev–Trinajstić information content (AvgIpc) is 2.81. The summed E-state index contributed by atoms with van der Waals surface area (Å²) in [5.74, 6) is 0.310. The van der Waals surface area contributed by atoms with E-state index in [2.05, 4.69) is 57.2 Å². The SMILES string of the molecule is C.Cc1ccc(C2=C(c3ccc(O)cc3)c3ccc(C)cc3CCC2)c(C)c1. The molecule has 0 radical (unpaired) electrons. The fourth-order valence-corrected chi connectivity index (χ4v) is 4.30. The lowest BCUT2D eigenvalue weighted by Gasteiger charge is -2.18. The molecule has 0 aromatic heterocycles. The Kier molecular flexibility index (Phi) is 5.74. The molecule has 1 aliphatic rings. The number of fused-ring (bicyclic) bond motifs is 1. The van der Waals surface area contributed by atoms with Gasteiger partial charge in [-0.3, -0.25) is 0 Å². The van der Waals surface area contributed by atoms with Crippen molar-refractivity contribution in [2.45, 2.75) is 47.5 Å². The van der Waals surface area contributed by atoms with Gasteiger partial charge in [-0.25, -0.2) is 0 Å². The summed E-state index contributed by atoms with van der Waals surface area (Å²) in [4.78, 5) is 0. The Balaban J connectivity index is 0.00000225. The van der Waals surface area contributed by atoms with Gasteiger partial charge in [0, 0.05) is 0 Å². The first kappa shape index (κ1) is 19.9. The van der Waals surface area contributed by atoms with E-state index in [1.807, 2.05) is 12.1 Å². The number of allylic oxidation sites excluding steroid dienone is 1. The number of hydrogen-bond donors (Lipinski definition) is 1. The Hall–Kier alpha value is -2.80. The fraction of sp³-hybridized carbons (Fsp3) is 0.259. The molecule has 0 unspecified atom stereocenters. The molecule has 0 aliphatic heterocycles. The second kappa shape index (κ2) is 8.06. The highest BCUT2D eigenvalue weighted by molar-refractivity contribution is 6.00. The van der Waals surface area contributed by atoms with Crippen molar-refractivity contribution >= 4 is 11.1 Å². The maximum atomic E-state index is 9.78. The molecule has 28 heavy (non-hydrogen) atoms. The Morgan fingerprint density at radius 2 is 1.36 bits per heavy atom. The van der Waals surface area contributed by atoms with Gasteiger partial charge in [0.1, 0.15) is 5.75 Å². The summed E-state index contributed by atoms with van der Waals surface area (Å²) in [5.41, 5.74) is 12.0. The lowest BCUT2D eigenvalue weighted by atomic mass is 9.86. The molecule has 0 heterocycles. The van der Waals surface area contributed by atoms with Gasteiger partial charge in [0.05, 0.1) is 0 Å². The van der Waals surface area contributed by atoms with Gasteiger partial charge in [0.2, 0.25) is 0 Å². The molecule has 1 N–H and O–H groups in total. The van der Waals surface area contributed by atoms with Gasteiger partial charge in [-0.15, -0.1) is 0 Å². The first-order valence-electron chi connectivity index (χ1n) is 9.73. The van der Waals surface area contributed by atoms with Crippen LogP contribution in [0, 0.1) is 20.8 Å². The van der Waals surface area contributed by atoms with Crippen molar-refractivity contribution < 1.29 is 5.11 Å². The van der Waals surface area contributed by atoms with Crippen LogP contribution in [0.4, 0.5) is 0 Å². The van der Waals surface area contributed by atoms with Crippen molar-refractivity contribution in [3.63, 3.8) is 0 Å². The van der Waals surface area contributed by atoms with E-state index in [1.54, 1.807) is 12.1 Å². The number of aryl methyl sites for hydroxylation is 4. The van der Waals surface area contributed by atoms with Crippen LogP contribution in [0.5, 0.6) is 5.75 Å². The first-order chi connectivity index (χ1) is 13.0. The molecular weight excluding hydrogens is 340 g/mol. The van der Waals surface area contributed by atoms with Gasteiger partial charge in [-0.2, -0.15) is 0 Å². The Labute approximate surface area is 169 Å². The van der Waals surface area contributed by atoms with Crippen LogP contribution in [0.1, 0.15) is 59.2 Å². The third-order valence-electron chi connectivity index (χ3n) is 5.57. The maximum absolute atomic E-state index is 9.78. The van der Waals surface area contributed by atoms with E-state index in [4.69, 9.17) is 0 Å². The Bertz CT molecular complexity index is 1020. The first-order valence-corrected chi connectivity index (χ1v) is 9.73. The van der Waals surface area contributed by atoms with E-state index in [9.17, 15) is 5.11 Å². The number of hydrogen-bond acceptors (Lipinski definition) is 1. The zero-order chi connectivity index (χ0) is 19.0. The van der Waals surface area contributed by atoms with E-state index < -0.39 is 0 Å². The van der Waals surface area contributed by atoms with Crippen molar-refractivity contribution in [2.75, 3.05) is 0 Å². The largest absolute Gasteiger partial charge is 0.508 e. The van der Waals surface area contributed by atoms with E-state index >= 15 is 0 Å². The van der Waals surface area contributed by atoms with Crippen LogP contribution in [0.25, 0.3) is 11.1 Å². The molecule has 0 amide bonds. The van der Waals surface area contributed by atoms with E-state index in [-0.39, 0.29) is 7.43 Å². The summed E-state index contributed by atoms with van der Waals surface area (Å²) in [7, 11) is 0. The number of benzene rings is 3. The molecule has 3 aromatic carbocycles. The molecule has 0 saturated carbocycles. The summed E-state index contributed by atoms with van der Waals surface area (Å²) in [5, 5.41) is 9.78. The van der Waals surface area contributed by atoms with Crippen LogP contribution in [-0.2, 0) is 6.42 Å². The highest BCUT2D eigenvalue weighted by Gasteiger charge is 2.21. The summed E-state index contributed by atoms with van der Waals surface area (Å²) < 4.78 is 0. The normalized spacial score (nSPS) is 13.5. The lowest BCUT2D eigenvalue weighted by Crippen LogP contribution is -1.98. The molecule has 0 spiro atoms. The minimum atomic E-state index is 0. The van der Waals surface area contributed by atoms with Crippen LogP contribution in [0.2, 0.25) is 0 Å². The van der Waals surface area contributed by atoms with Crippen molar-refractivity contribution in [1.82, 2.24) is 0 Å². The molecule has 0 fully saturated rings. The molecule has 1 aliphatic carbocycles. The lowest BCUT2D eigenvalue weighted by molar-refractivity contribution is 0.475. The zero-order valence-electron chi connectivity index (χ0n) is 16.3. The van der Waals surface area contributed by atoms with Gasteiger partial charge >= 0.3 is 0 Å². The van der Waals surface area contributed by atoms with E-state index in [1.165, 1.54) is 50.1 Å².